The molecule has 1 fully saturated rings. The second-order valence-corrected chi connectivity index (χ2v) is 5.63. The van der Waals surface area contributed by atoms with Crippen molar-refractivity contribution in [2.24, 2.45) is 0 Å². The Bertz CT molecular complexity index is 450. The molecule has 1 heterocycles. The molecule has 1 aromatic carbocycles. The van der Waals surface area contributed by atoms with Crippen LogP contribution in [-0.2, 0) is 9.53 Å². The van der Waals surface area contributed by atoms with Crippen molar-refractivity contribution in [2.75, 3.05) is 19.8 Å². The molecular formula is C13H15BrClNO3. The average molecular weight is 349 g/mol. The third-order valence-corrected chi connectivity index (χ3v) is 3.59. The standard InChI is InChI=1S/C13H15BrClNO3/c14-9-3-4-12(11(15)6-9)19-8-13(17)16-7-10-2-1-5-18-10/h3-4,6,10H,1-2,5,7-8H2,(H,16,17). The summed E-state index contributed by atoms with van der Waals surface area (Å²) in [6.45, 7) is 1.27. The van der Waals surface area contributed by atoms with Crippen molar-refractivity contribution in [3.63, 3.8) is 0 Å². The summed E-state index contributed by atoms with van der Waals surface area (Å²) in [4.78, 5) is 11.6. The third-order valence-electron chi connectivity index (χ3n) is 2.80. The molecule has 1 unspecified atom stereocenters. The highest BCUT2D eigenvalue weighted by Gasteiger charge is 2.16. The molecule has 1 aromatic rings. The predicted molar refractivity (Wildman–Crippen MR) is 76.6 cm³/mol. The molecule has 0 radical (unpaired) electrons. The van der Waals surface area contributed by atoms with Crippen molar-refractivity contribution in [1.29, 1.82) is 0 Å². The van der Waals surface area contributed by atoms with Crippen LogP contribution in [0, 0.1) is 0 Å². The Morgan fingerprint density at radius 1 is 1.58 bits per heavy atom. The van der Waals surface area contributed by atoms with Gasteiger partial charge in [0, 0.05) is 17.6 Å². The van der Waals surface area contributed by atoms with Gasteiger partial charge in [0.1, 0.15) is 5.75 Å². The van der Waals surface area contributed by atoms with Crippen LogP contribution in [0.3, 0.4) is 0 Å². The van der Waals surface area contributed by atoms with Gasteiger partial charge >= 0.3 is 0 Å². The summed E-state index contributed by atoms with van der Waals surface area (Å²) >= 11 is 9.29. The number of rotatable bonds is 5. The van der Waals surface area contributed by atoms with Gasteiger partial charge in [0.2, 0.25) is 0 Å². The fraction of sp³-hybridized carbons (Fsp3) is 0.462. The number of ether oxygens (including phenoxy) is 2. The van der Waals surface area contributed by atoms with Crippen LogP contribution in [0.2, 0.25) is 5.02 Å². The normalized spacial score (nSPS) is 18.3. The number of amides is 1. The van der Waals surface area contributed by atoms with Crippen LogP contribution >= 0.6 is 27.5 Å². The fourth-order valence-electron chi connectivity index (χ4n) is 1.82. The van der Waals surface area contributed by atoms with Gasteiger partial charge in [0.25, 0.3) is 5.91 Å². The minimum Gasteiger partial charge on any atom is -0.482 e. The minimum atomic E-state index is -0.172. The summed E-state index contributed by atoms with van der Waals surface area (Å²) in [6.07, 6.45) is 2.20. The molecule has 1 aliphatic rings. The summed E-state index contributed by atoms with van der Waals surface area (Å²) < 4.78 is 11.6. The first-order valence-electron chi connectivity index (χ1n) is 6.11. The van der Waals surface area contributed by atoms with Gasteiger partial charge in [-0.15, -0.1) is 0 Å². The maximum atomic E-state index is 11.6. The van der Waals surface area contributed by atoms with E-state index in [1.165, 1.54) is 0 Å². The SMILES string of the molecule is O=C(COc1ccc(Br)cc1Cl)NCC1CCCO1. The lowest BCUT2D eigenvalue weighted by atomic mass is 10.2. The van der Waals surface area contributed by atoms with E-state index in [9.17, 15) is 4.79 Å². The molecule has 1 aliphatic heterocycles. The molecular weight excluding hydrogens is 334 g/mol. The van der Waals surface area contributed by atoms with Crippen molar-refractivity contribution in [3.05, 3.63) is 27.7 Å². The first-order chi connectivity index (χ1) is 9.15. The van der Waals surface area contributed by atoms with Gasteiger partial charge in [-0.1, -0.05) is 27.5 Å². The maximum absolute atomic E-state index is 11.6. The van der Waals surface area contributed by atoms with Crippen molar-refractivity contribution >= 4 is 33.4 Å². The van der Waals surface area contributed by atoms with Crippen molar-refractivity contribution in [3.8, 4) is 5.75 Å². The van der Waals surface area contributed by atoms with E-state index < -0.39 is 0 Å². The lowest BCUT2D eigenvalue weighted by Crippen LogP contribution is -2.35. The quantitative estimate of drug-likeness (QED) is 0.890. The third kappa shape index (κ3) is 4.67. The smallest absolute Gasteiger partial charge is 0.258 e. The minimum absolute atomic E-state index is 0.0475. The molecule has 1 N–H and O–H groups in total. The Balaban J connectivity index is 1.73. The average Bonchev–Trinajstić information content (AvgIpc) is 2.88. The van der Waals surface area contributed by atoms with Gasteiger partial charge < -0.3 is 14.8 Å². The molecule has 0 spiro atoms. The molecule has 0 aromatic heterocycles. The van der Waals surface area contributed by atoms with Crippen molar-refractivity contribution in [1.82, 2.24) is 5.32 Å². The Morgan fingerprint density at radius 2 is 2.42 bits per heavy atom. The molecule has 104 valence electrons. The Kier molecular flexibility index (Phi) is 5.48. The summed E-state index contributed by atoms with van der Waals surface area (Å²) in [5.74, 6) is 0.326. The van der Waals surface area contributed by atoms with Crippen LogP contribution in [0.1, 0.15) is 12.8 Å². The summed E-state index contributed by atoms with van der Waals surface area (Å²) in [6, 6.07) is 5.26. The number of nitrogens with one attached hydrogen (secondary N) is 1. The predicted octanol–water partition coefficient (Wildman–Crippen LogP) is 2.78. The highest BCUT2D eigenvalue weighted by Crippen LogP contribution is 2.27. The zero-order chi connectivity index (χ0) is 13.7. The lowest BCUT2D eigenvalue weighted by Gasteiger charge is -2.12. The summed E-state index contributed by atoms with van der Waals surface area (Å²) in [7, 11) is 0. The van der Waals surface area contributed by atoms with Crippen molar-refractivity contribution < 1.29 is 14.3 Å². The molecule has 1 amide bonds. The van der Waals surface area contributed by atoms with E-state index in [1.807, 2.05) is 6.07 Å². The number of hydrogen-bond donors (Lipinski definition) is 1. The highest BCUT2D eigenvalue weighted by atomic mass is 79.9. The van der Waals surface area contributed by atoms with Crippen molar-refractivity contribution in [2.45, 2.75) is 18.9 Å². The molecule has 6 heteroatoms. The van der Waals surface area contributed by atoms with E-state index in [-0.39, 0.29) is 18.6 Å². The van der Waals surface area contributed by atoms with Crippen LogP contribution in [0.5, 0.6) is 5.75 Å². The van der Waals surface area contributed by atoms with Crippen LogP contribution in [0.15, 0.2) is 22.7 Å². The van der Waals surface area contributed by atoms with E-state index >= 15 is 0 Å². The van der Waals surface area contributed by atoms with Gasteiger partial charge in [0.15, 0.2) is 6.61 Å². The van der Waals surface area contributed by atoms with Gasteiger partial charge in [-0.05, 0) is 31.0 Å². The Hall–Kier alpha value is -0.780. The van der Waals surface area contributed by atoms with Crippen LogP contribution in [0.4, 0.5) is 0 Å². The second-order valence-electron chi connectivity index (χ2n) is 4.30. The Labute approximate surface area is 125 Å². The maximum Gasteiger partial charge on any atom is 0.258 e. The zero-order valence-electron chi connectivity index (χ0n) is 10.3. The first kappa shape index (κ1) is 14.6. The number of carbonyl (C=O) groups excluding carboxylic acids is 1. The summed E-state index contributed by atoms with van der Waals surface area (Å²) in [5.41, 5.74) is 0. The van der Waals surface area contributed by atoms with Gasteiger partial charge in [0.05, 0.1) is 11.1 Å². The molecule has 0 bridgehead atoms. The van der Waals surface area contributed by atoms with Crippen LogP contribution < -0.4 is 10.1 Å². The number of carbonyl (C=O) groups is 1. The van der Waals surface area contributed by atoms with E-state index in [0.29, 0.717) is 17.3 Å². The molecule has 19 heavy (non-hydrogen) atoms. The number of halogens is 2. The molecule has 0 aliphatic carbocycles. The van der Waals surface area contributed by atoms with E-state index in [1.54, 1.807) is 12.1 Å². The van der Waals surface area contributed by atoms with Gasteiger partial charge in [-0.2, -0.15) is 0 Å². The fourth-order valence-corrected chi connectivity index (χ4v) is 2.55. The first-order valence-corrected chi connectivity index (χ1v) is 7.28. The monoisotopic (exact) mass is 347 g/mol. The zero-order valence-corrected chi connectivity index (χ0v) is 12.7. The largest absolute Gasteiger partial charge is 0.482 e. The molecule has 1 saturated heterocycles. The summed E-state index contributed by atoms with van der Waals surface area (Å²) in [5, 5.41) is 3.26. The molecule has 4 nitrogen and oxygen atoms in total. The number of hydrogen-bond acceptors (Lipinski definition) is 3. The topological polar surface area (TPSA) is 47.6 Å². The molecule has 0 saturated carbocycles. The van der Waals surface area contributed by atoms with Crippen LogP contribution in [-0.4, -0.2) is 31.8 Å². The highest BCUT2D eigenvalue weighted by molar-refractivity contribution is 9.10. The van der Waals surface area contributed by atoms with Gasteiger partial charge in [-0.3, -0.25) is 4.79 Å². The number of benzene rings is 1. The van der Waals surface area contributed by atoms with E-state index in [0.717, 1.165) is 23.9 Å². The lowest BCUT2D eigenvalue weighted by molar-refractivity contribution is -0.123. The van der Waals surface area contributed by atoms with Gasteiger partial charge in [-0.25, -0.2) is 0 Å². The molecule has 2 rings (SSSR count). The van der Waals surface area contributed by atoms with E-state index in [4.69, 9.17) is 21.1 Å². The van der Waals surface area contributed by atoms with E-state index in [2.05, 4.69) is 21.2 Å². The molecule has 1 atom stereocenters. The van der Waals surface area contributed by atoms with Crippen LogP contribution in [0.25, 0.3) is 0 Å². The second kappa shape index (κ2) is 7.12. The Morgan fingerprint density at radius 3 is 3.11 bits per heavy atom.